The van der Waals surface area contributed by atoms with Crippen molar-refractivity contribution >= 4 is 27.3 Å². The molecule has 0 aliphatic rings. The maximum atomic E-state index is 4.58. The summed E-state index contributed by atoms with van der Waals surface area (Å²) in [6.07, 6.45) is 1.80. The van der Waals surface area contributed by atoms with Crippen molar-refractivity contribution in [3.05, 3.63) is 33.4 Å². The molecule has 0 radical (unpaired) electrons. The van der Waals surface area contributed by atoms with E-state index in [9.17, 15) is 0 Å². The van der Waals surface area contributed by atoms with Gasteiger partial charge in [-0.15, -0.1) is 11.3 Å². The topological polar surface area (TPSA) is 37.8 Å². The maximum Gasteiger partial charge on any atom is 0.142 e. The fraction of sp³-hybridized carbons (Fsp3) is 0.333. The molecule has 2 heterocycles. The monoisotopic (exact) mass is 311 g/mol. The predicted molar refractivity (Wildman–Crippen MR) is 75.3 cm³/mol. The molecule has 0 bridgehead atoms. The third kappa shape index (κ3) is 2.73. The van der Waals surface area contributed by atoms with E-state index in [-0.39, 0.29) is 0 Å². The highest BCUT2D eigenvalue weighted by Crippen LogP contribution is 2.30. The van der Waals surface area contributed by atoms with Crippen molar-refractivity contribution in [1.29, 1.82) is 0 Å². The van der Waals surface area contributed by atoms with Crippen molar-refractivity contribution < 1.29 is 0 Å². The van der Waals surface area contributed by atoms with Crippen LogP contribution in [0.25, 0.3) is 10.7 Å². The molecule has 0 saturated carbocycles. The third-order valence-electron chi connectivity index (χ3n) is 2.61. The van der Waals surface area contributed by atoms with Gasteiger partial charge in [-0.1, -0.05) is 0 Å². The molecule has 0 aliphatic carbocycles. The van der Waals surface area contributed by atoms with E-state index in [0.29, 0.717) is 6.04 Å². The van der Waals surface area contributed by atoms with Gasteiger partial charge in [0.05, 0.1) is 11.4 Å². The average Bonchev–Trinajstić information content (AvgIpc) is 2.71. The van der Waals surface area contributed by atoms with E-state index in [1.807, 2.05) is 26.1 Å². The van der Waals surface area contributed by atoms with Crippen LogP contribution in [0, 0.1) is 6.92 Å². The van der Waals surface area contributed by atoms with Crippen LogP contribution in [-0.2, 0) is 0 Å². The number of nitrogens with zero attached hydrogens (tertiary/aromatic N) is 2. The van der Waals surface area contributed by atoms with E-state index >= 15 is 0 Å². The maximum absolute atomic E-state index is 4.58. The fourth-order valence-electron chi connectivity index (χ4n) is 1.55. The number of hydrogen-bond donors (Lipinski definition) is 1. The molecule has 0 spiro atoms. The van der Waals surface area contributed by atoms with Crippen molar-refractivity contribution in [2.45, 2.75) is 19.9 Å². The minimum Gasteiger partial charge on any atom is -0.312 e. The number of aromatic nitrogens is 2. The lowest BCUT2D eigenvalue weighted by Crippen LogP contribution is -2.11. The first-order valence-electron chi connectivity index (χ1n) is 5.38. The normalized spacial score (nSPS) is 12.7. The van der Waals surface area contributed by atoms with Gasteiger partial charge in [0.15, 0.2) is 0 Å². The minimum atomic E-state index is 0.330. The molecule has 17 heavy (non-hydrogen) atoms. The summed E-state index contributed by atoms with van der Waals surface area (Å²) < 4.78 is 0.985. The first-order valence-corrected chi connectivity index (χ1v) is 6.99. The molecule has 1 unspecified atom stereocenters. The molecule has 0 fully saturated rings. The number of aryl methyl sites for hydroxylation is 1. The molecule has 2 aromatic heterocycles. The van der Waals surface area contributed by atoms with Crippen molar-refractivity contribution in [1.82, 2.24) is 15.3 Å². The van der Waals surface area contributed by atoms with Gasteiger partial charge in [-0.25, -0.2) is 4.98 Å². The van der Waals surface area contributed by atoms with Crippen LogP contribution >= 0.6 is 27.3 Å². The van der Waals surface area contributed by atoms with Crippen LogP contribution < -0.4 is 5.32 Å². The summed E-state index contributed by atoms with van der Waals surface area (Å²) in [5, 5.41) is 4.22. The summed E-state index contributed by atoms with van der Waals surface area (Å²) >= 11 is 5.08. The van der Waals surface area contributed by atoms with E-state index in [2.05, 4.69) is 38.1 Å². The summed E-state index contributed by atoms with van der Waals surface area (Å²) in [4.78, 5) is 10.2. The van der Waals surface area contributed by atoms with Gasteiger partial charge in [0, 0.05) is 21.6 Å². The Morgan fingerprint density at radius 2 is 2.18 bits per heavy atom. The van der Waals surface area contributed by atoms with Gasteiger partial charge in [0.2, 0.25) is 0 Å². The van der Waals surface area contributed by atoms with Crippen molar-refractivity contribution in [3.8, 4) is 10.7 Å². The Kier molecular flexibility index (Phi) is 3.91. The molecule has 0 saturated heterocycles. The first kappa shape index (κ1) is 12.7. The largest absolute Gasteiger partial charge is 0.312 e. The van der Waals surface area contributed by atoms with Crippen LogP contribution in [0.1, 0.15) is 23.5 Å². The van der Waals surface area contributed by atoms with Gasteiger partial charge >= 0.3 is 0 Å². The summed E-state index contributed by atoms with van der Waals surface area (Å²) in [6.45, 7) is 4.18. The summed E-state index contributed by atoms with van der Waals surface area (Å²) in [5.74, 6) is 0. The number of hydrogen-bond acceptors (Lipinski definition) is 4. The lowest BCUT2D eigenvalue weighted by Gasteiger charge is -2.06. The number of thiazole rings is 1. The zero-order chi connectivity index (χ0) is 12.4. The molecule has 1 atom stereocenters. The van der Waals surface area contributed by atoms with E-state index in [0.717, 1.165) is 20.9 Å². The quantitative estimate of drug-likeness (QED) is 0.942. The Morgan fingerprint density at radius 1 is 1.41 bits per heavy atom. The van der Waals surface area contributed by atoms with E-state index in [1.54, 1.807) is 17.5 Å². The zero-order valence-corrected chi connectivity index (χ0v) is 12.4. The summed E-state index contributed by atoms with van der Waals surface area (Å²) in [6, 6.07) is 4.30. The standard InChI is InChI=1S/C12H14BrN3S/c1-7(14-3)11-8(2)16-12(17-11)10-5-4-9(13)6-15-10/h4-7,14H,1-3H3. The van der Waals surface area contributed by atoms with Crippen LogP contribution in [0.15, 0.2) is 22.8 Å². The molecule has 0 aromatic carbocycles. The molecule has 90 valence electrons. The minimum absolute atomic E-state index is 0.330. The Balaban J connectivity index is 2.37. The smallest absolute Gasteiger partial charge is 0.142 e. The van der Waals surface area contributed by atoms with Gasteiger partial charge in [0.25, 0.3) is 0 Å². The molecule has 5 heteroatoms. The van der Waals surface area contributed by atoms with Gasteiger partial charge in [-0.2, -0.15) is 0 Å². The Bertz CT molecular complexity index is 507. The summed E-state index contributed by atoms with van der Waals surface area (Å²) in [7, 11) is 1.96. The van der Waals surface area contributed by atoms with Gasteiger partial charge in [0.1, 0.15) is 5.01 Å². The molecular formula is C12H14BrN3S. The second-order valence-electron chi connectivity index (χ2n) is 3.84. The number of nitrogens with one attached hydrogen (secondary N) is 1. The molecule has 3 nitrogen and oxygen atoms in total. The number of halogens is 1. The molecular weight excluding hydrogens is 298 g/mol. The Labute approximate surface area is 113 Å². The van der Waals surface area contributed by atoms with E-state index in [4.69, 9.17) is 0 Å². The van der Waals surface area contributed by atoms with Crippen molar-refractivity contribution in [3.63, 3.8) is 0 Å². The highest BCUT2D eigenvalue weighted by atomic mass is 79.9. The highest BCUT2D eigenvalue weighted by Gasteiger charge is 2.14. The molecule has 0 aliphatic heterocycles. The lowest BCUT2D eigenvalue weighted by molar-refractivity contribution is 0.658. The van der Waals surface area contributed by atoms with Crippen LogP contribution in [0.4, 0.5) is 0 Å². The van der Waals surface area contributed by atoms with Crippen molar-refractivity contribution in [2.75, 3.05) is 7.05 Å². The van der Waals surface area contributed by atoms with Crippen molar-refractivity contribution in [2.24, 2.45) is 0 Å². The van der Waals surface area contributed by atoms with Crippen LogP contribution in [0.3, 0.4) is 0 Å². The van der Waals surface area contributed by atoms with Gasteiger partial charge in [-0.3, -0.25) is 4.98 Å². The number of rotatable bonds is 3. The van der Waals surface area contributed by atoms with Crippen LogP contribution in [-0.4, -0.2) is 17.0 Å². The fourth-order valence-corrected chi connectivity index (χ4v) is 2.89. The lowest BCUT2D eigenvalue weighted by atomic mass is 10.2. The Hall–Kier alpha value is -0.780. The second kappa shape index (κ2) is 5.25. The van der Waals surface area contributed by atoms with E-state index in [1.165, 1.54) is 4.88 Å². The zero-order valence-electron chi connectivity index (χ0n) is 9.99. The molecule has 1 N–H and O–H groups in total. The highest BCUT2D eigenvalue weighted by molar-refractivity contribution is 9.10. The molecule has 2 rings (SSSR count). The van der Waals surface area contributed by atoms with Crippen LogP contribution in [0.2, 0.25) is 0 Å². The third-order valence-corrected chi connectivity index (χ3v) is 4.44. The van der Waals surface area contributed by atoms with Crippen LogP contribution in [0.5, 0.6) is 0 Å². The Morgan fingerprint density at radius 3 is 2.76 bits per heavy atom. The second-order valence-corrected chi connectivity index (χ2v) is 5.79. The molecule has 2 aromatic rings. The number of pyridine rings is 1. The predicted octanol–water partition coefficient (Wildman–Crippen LogP) is 3.56. The van der Waals surface area contributed by atoms with Gasteiger partial charge < -0.3 is 5.32 Å². The SMILES string of the molecule is CNC(C)c1sc(-c2ccc(Br)cn2)nc1C. The average molecular weight is 312 g/mol. The molecule has 0 amide bonds. The first-order chi connectivity index (χ1) is 8.11. The van der Waals surface area contributed by atoms with E-state index < -0.39 is 0 Å². The summed E-state index contributed by atoms with van der Waals surface area (Å²) in [5.41, 5.74) is 2.01. The van der Waals surface area contributed by atoms with Gasteiger partial charge in [-0.05, 0) is 49.0 Å².